The number of aromatic nitrogens is 3. The zero-order valence-corrected chi connectivity index (χ0v) is 15.2. The standard InChI is InChI=1S/C21H21N5O/c1-25-12-16(19(24-25)15-5-4-9-22-11-15)13-26-10-8-21(14-26)17-6-2-3-7-18(17)23-20(21)27/h2-7,9,11-12H,8,10,13-14H2,1H3,(H,23,27). The number of aryl methyl sites for hydroxylation is 1. The Morgan fingerprint density at radius 2 is 2.11 bits per heavy atom. The SMILES string of the molecule is Cn1cc(CN2CCC3(C2)C(=O)Nc2ccccc23)c(-c2cccnc2)n1. The molecule has 2 aromatic heterocycles. The second kappa shape index (κ2) is 6.03. The molecule has 0 bridgehead atoms. The van der Waals surface area contributed by atoms with Crippen molar-refractivity contribution in [1.29, 1.82) is 0 Å². The van der Waals surface area contributed by atoms with Crippen molar-refractivity contribution in [1.82, 2.24) is 19.7 Å². The number of rotatable bonds is 3. The zero-order valence-electron chi connectivity index (χ0n) is 15.2. The first kappa shape index (κ1) is 16.2. The molecule has 6 heteroatoms. The summed E-state index contributed by atoms with van der Waals surface area (Å²) in [6.45, 7) is 2.40. The smallest absolute Gasteiger partial charge is 0.236 e. The van der Waals surface area contributed by atoms with Gasteiger partial charge in [0.2, 0.25) is 5.91 Å². The minimum atomic E-state index is -0.423. The Bertz CT molecular complexity index is 1010. The predicted molar refractivity (Wildman–Crippen MR) is 103 cm³/mol. The largest absolute Gasteiger partial charge is 0.325 e. The lowest BCUT2D eigenvalue weighted by Crippen LogP contribution is -2.37. The quantitative estimate of drug-likeness (QED) is 0.781. The van der Waals surface area contributed by atoms with Crippen LogP contribution in [0.2, 0.25) is 0 Å². The van der Waals surface area contributed by atoms with Gasteiger partial charge < -0.3 is 5.32 Å². The minimum Gasteiger partial charge on any atom is -0.325 e. The summed E-state index contributed by atoms with van der Waals surface area (Å²) in [6.07, 6.45) is 6.53. The van der Waals surface area contributed by atoms with Gasteiger partial charge in [0.1, 0.15) is 0 Å². The summed E-state index contributed by atoms with van der Waals surface area (Å²) in [5.41, 5.74) is 4.81. The molecule has 1 N–H and O–H groups in total. The highest BCUT2D eigenvalue weighted by molar-refractivity contribution is 6.06. The van der Waals surface area contributed by atoms with Crippen LogP contribution in [0.3, 0.4) is 0 Å². The van der Waals surface area contributed by atoms with Crippen molar-refractivity contribution in [3.63, 3.8) is 0 Å². The summed E-state index contributed by atoms with van der Waals surface area (Å²) in [6, 6.07) is 12.0. The highest BCUT2D eigenvalue weighted by atomic mass is 16.2. The maximum absolute atomic E-state index is 12.8. The average Bonchev–Trinajstić information content (AvgIpc) is 3.34. The molecule has 27 heavy (non-hydrogen) atoms. The maximum Gasteiger partial charge on any atom is 0.236 e. The molecule has 1 fully saturated rings. The molecule has 0 aliphatic carbocycles. The van der Waals surface area contributed by atoms with Crippen molar-refractivity contribution in [3.05, 3.63) is 66.1 Å². The zero-order chi connectivity index (χ0) is 18.4. The molecule has 2 aliphatic rings. The third kappa shape index (κ3) is 2.56. The third-order valence-corrected chi connectivity index (χ3v) is 5.71. The molecule has 1 saturated heterocycles. The number of nitrogens with zero attached hydrogens (tertiary/aromatic N) is 4. The van der Waals surface area contributed by atoms with Crippen LogP contribution in [0.1, 0.15) is 17.5 Å². The van der Waals surface area contributed by atoms with Gasteiger partial charge in [-0.05, 0) is 36.7 Å². The Morgan fingerprint density at radius 1 is 1.22 bits per heavy atom. The number of hydrogen-bond acceptors (Lipinski definition) is 4. The second-order valence-corrected chi connectivity index (χ2v) is 7.46. The molecule has 4 heterocycles. The molecule has 6 nitrogen and oxygen atoms in total. The number of amides is 1. The van der Waals surface area contributed by atoms with E-state index in [0.29, 0.717) is 0 Å². The van der Waals surface area contributed by atoms with Crippen molar-refractivity contribution in [2.45, 2.75) is 18.4 Å². The van der Waals surface area contributed by atoms with E-state index in [1.165, 1.54) is 0 Å². The van der Waals surface area contributed by atoms with Crippen LogP contribution in [-0.2, 0) is 23.8 Å². The summed E-state index contributed by atoms with van der Waals surface area (Å²) < 4.78 is 1.85. The molecular formula is C21H21N5O. The van der Waals surface area contributed by atoms with Gasteiger partial charge in [-0.15, -0.1) is 0 Å². The second-order valence-electron chi connectivity index (χ2n) is 7.46. The van der Waals surface area contributed by atoms with Crippen molar-refractivity contribution in [2.24, 2.45) is 7.05 Å². The number of hydrogen-bond donors (Lipinski definition) is 1. The van der Waals surface area contributed by atoms with Crippen LogP contribution < -0.4 is 5.32 Å². The number of anilines is 1. The van der Waals surface area contributed by atoms with Crippen molar-refractivity contribution >= 4 is 11.6 Å². The van der Waals surface area contributed by atoms with Crippen LogP contribution in [-0.4, -0.2) is 38.7 Å². The monoisotopic (exact) mass is 359 g/mol. The lowest BCUT2D eigenvalue weighted by Gasteiger charge is -2.22. The molecule has 1 amide bonds. The Hall–Kier alpha value is -2.99. The molecule has 3 aromatic rings. The summed E-state index contributed by atoms with van der Waals surface area (Å²) in [5.74, 6) is 0.130. The van der Waals surface area contributed by atoms with Gasteiger partial charge in [-0.1, -0.05) is 18.2 Å². The lowest BCUT2D eigenvalue weighted by molar-refractivity contribution is -0.120. The molecule has 136 valence electrons. The number of likely N-dealkylation sites (tertiary alicyclic amines) is 1. The highest BCUT2D eigenvalue weighted by Crippen LogP contribution is 2.44. The van der Waals surface area contributed by atoms with E-state index in [9.17, 15) is 4.79 Å². The van der Waals surface area contributed by atoms with Gasteiger partial charge in [0, 0.05) is 55.5 Å². The minimum absolute atomic E-state index is 0.130. The number of pyridine rings is 1. The first-order valence-corrected chi connectivity index (χ1v) is 9.22. The molecule has 5 rings (SSSR count). The normalized spacial score (nSPS) is 21.6. The fourth-order valence-corrected chi connectivity index (χ4v) is 4.44. The van der Waals surface area contributed by atoms with E-state index in [4.69, 9.17) is 0 Å². The van der Waals surface area contributed by atoms with Gasteiger partial charge in [-0.3, -0.25) is 19.4 Å². The molecular weight excluding hydrogens is 338 g/mol. The van der Waals surface area contributed by atoms with Crippen LogP contribution >= 0.6 is 0 Å². The van der Waals surface area contributed by atoms with Gasteiger partial charge in [0.15, 0.2) is 0 Å². The highest BCUT2D eigenvalue weighted by Gasteiger charge is 2.50. The van der Waals surface area contributed by atoms with Crippen molar-refractivity contribution in [3.8, 4) is 11.3 Å². The van der Waals surface area contributed by atoms with Crippen LogP contribution in [0.15, 0.2) is 55.0 Å². The van der Waals surface area contributed by atoms with Crippen LogP contribution in [0.4, 0.5) is 5.69 Å². The number of carbonyl (C=O) groups is 1. The van der Waals surface area contributed by atoms with Gasteiger partial charge >= 0.3 is 0 Å². The number of para-hydroxylation sites is 1. The number of benzene rings is 1. The Morgan fingerprint density at radius 3 is 2.96 bits per heavy atom. The Labute approximate surface area is 157 Å². The van der Waals surface area contributed by atoms with Gasteiger partial charge in [0.25, 0.3) is 0 Å². The van der Waals surface area contributed by atoms with Crippen molar-refractivity contribution in [2.75, 3.05) is 18.4 Å². The molecule has 2 aliphatic heterocycles. The number of fused-ring (bicyclic) bond motifs is 2. The molecule has 1 aromatic carbocycles. The summed E-state index contributed by atoms with van der Waals surface area (Å²) >= 11 is 0. The van der Waals surface area contributed by atoms with E-state index in [1.54, 1.807) is 6.20 Å². The van der Waals surface area contributed by atoms with E-state index in [1.807, 2.05) is 48.3 Å². The first-order valence-electron chi connectivity index (χ1n) is 9.22. The summed E-state index contributed by atoms with van der Waals surface area (Å²) in [7, 11) is 1.94. The van der Waals surface area contributed by atoms with E-state index in [-0.39, 0.29) is 5.91 Å². The molecule has 0 radical (unpaired) electrons. The van der Waals surface area contributed by atoms with E-state index >= 15 is 0 Å². The summed E-state index contributed by atoms with van der Waals surface area (Å²) in [4.78, 5) is 19.4. The summed E-state index contributed by atoms with van der Waals surface area (Å²) in [5, 5.41) is 7.70. The maximum atomic E-state index is 12.8. The van der Waals surface area contributed by atoms with Crippen LogP contribution in [0.25, 0.3) is 11.3 Å². The van der Waals surface area contributed by atoms with Gasteiger partial charge in [-0.25, -0.2) is 0 Å². The lowest BCUT2D eigenvalue weighted by atomic mass is 9.81. The first-order chi connectivity index (χ1) is 13.2. The molecule has 1 atom stereocenters. The topological polar surface area (TPSA) is 63.1 Å². The number of nitrogens with one attached hydrogen (secondary N) is 1. The third-order valence-electron chi connectivity index (χ3n) is 5.71. The predicted octanol–water partition coefficient (Wildman–Crippen LogP) is 2.58. The van der Waals surface area contributed by atoms with Gasteiger partial charge in [0.05, 0.1) is 11.1 Å². The average molecular weight is 359 g/mol. The fraction of sp³-hybridized carbons (Fsp3) is 0.286. The van der Waals surface area contributed by atoms with Crippen LogP contribution in [0, 0.1) is 0 Å². The molecule has 0 saturated carbocycles. The molecule has 1 unspecified atom stereocenters. The van der Waals surface area contributed by atoms with E-state index in [0.717, 1.165) is 54.1 Å². The Balaban J connectivity index is 1.43. The fourth-order valence-electron chi connectivity index (χ4n) is 4.44. The van der Waals surface area contributed by atoms with E-state index < -0.39 is 5.41 Å². The van der Waals surface area contributed by atoms with Crippen molar-refractivity contribution < 1.29 is 4.79 Å². The van der Waals surface area contributed by atoms with Crippen LogP contribution in [0.5, 0.6) is 0 Å². The van der Waals surface area contributed by atoms with Gasteiger partial charge in [-0.2, -0.15) is 5.10 Å². The Kier molecular flexibility index (Phi) is 3.62. The number of carbonyl (C=O) groups excluding carboxylic acids is 1. The van der Waals surface area contributed by atoms with E-state index in [2.05, 4.69) is 32.6 Å². The molecule has 1 spiro atoms.